The number of rotatable bonds is 12. The van der Waals surface area contributed by atoms with Gasteiger partial charge in [0, 0.05) is 42.7 Å². The van der Waals surface area contributed by atoms with Gasteiger partial charge in [0.25, 0.3) is 0 Å². The molecule has 16 nitrogen and oxygen atoms in total. The molecule has 2 unspecified atom stereocenters. The molecule has 7 rings (SSSR count). The van der Waals surface area contributed by atoms with Crippen LogP contribution >= 0.6 is 15.9 Å². The number of nitrogens with zero attached hydrogens (tertiary/aromatic N) is 11. The minimum absolute atomic E-state index is 0.105. The molecule has 5 aromatic rings. The van der Waals surface area contributed by atoms with Crippen molar-refractivity contribution in [3.8, 4) is 34.3 Å². The fourth-order valence-electron chi connectivity index (χ4n) is 7.07. The van der Waals surface area contributed by atoms with Crippen LogP contribution in [0.4, 0.5) is 11.6 Å². The van der Waals surface area contributed by atoms with E-state index in [0.717, 1.165) is 84.8 Å². The van der Waals surface area contributed by atoms with Gasteiger partial charge >= 0.3 is 0 Å². The Kier molecular flexibility index (Phi) is 10.4. The molecule has 0 saturated carbocycles. The highest BCUT2D eigenvalue weighted by molar-refractivity contribution is 9.10. The van der Waals surface area contributed by atoms with Crippen molar-refractivity contribution in [1.29, 1.82) is 0 Å². The maximum absolute atomic E-state index is 6.81. The molecule has 0 bridgehead atoms. The van der Waals surface area contributed by atoms with Crippen molar-refractivity contribution >= 4 is 27.6 Å². The number of likely N-dealkylation sites (tertiary alicyclic amines) is 1. The molecule has 2 aliphatic heterocycles. The van der Waals surface area contributed by atoms with E-state index in [1.807, 2.05) is 43.3 Å². The minimum atomic E-state index is 0.105. The molecule has 262 valence electrons. The van der Waals surface area contributed by atoms with Gasteiger partial charge in [-0.3, -0.25) is 9.91 Å². The van der Waals surface area contributed by atoms with E-state index in [1.165, 1.54) is 5.56 Å². The lowest BCUT2D eigenvalue weighted by Gasteiger charge is -2.48. The van der Waals surface area contributed by atoms with Crippen LogP contribution in [0.3, 0.4) is 0 Å². The number of tetrazole rings is 2. The van der Waals surface area contributed by atoms with Crippen LogP contribution in [0.25, 0.3) is 22.8 Å². The predicted molar refractivity (Wildman–Crippen MR) is 190 cm³/mol. The number of nitrogens with one attached hydrogen (secondary N) is 2. The van der Waals surface area contributed by atoms with Crippen LogP contribution < -0.4 is 25.2 Å². The molecule has 0 amide bonds. The van der Waals surface area contributed by atoms with E-state index >= 15 is 0 Å². The summed E-state index contributed by atoms with van der Waals surface area (Å²) in [4.78, 5) is 14.5. The van der Waals surface area contributed by atoms with E-state index in [9.17, 15) is 0 Å². The van der Waals surface area contributed by atoms with Crippen LogP contribution in [0, 0.1) is 5.92 Å². The third-order valence-electron chi connectivity index (χ3n) is 9.52. The van der Waals surface area contributed by atoms with E-state index in [0.29, 0.717) is 36.6 Å². The van der Waals surface area contributed by atoms with E-state index in [1.54, 1.807) is 6.20 Å². The second kappa shape index (κ2) is 15.4. The quantitative estimate of drug-likeness (QED) is 0.123. The molecule has 2 saturated heterocycles. The number of hydrogen-bond acceptors (Lipinski definition) is 14. The summed E-state index contributed by atoms with van der Waals surface area (Å²) in [5.41, 5.74) is 2.77. The molecule has 4 aromatic heterocycles. The Hall–Kier alpha value is -4.74. The van der Waals surface area contributed by atoms with Gasteiger partial charge in [-0.05, 0) is 127 Å². The summed E-state index contributed by atoms with van der Waals surface area (Å²) >= 11 is 3.67. The second-order valence-corrected chi connectivity index (χ2v) is 13.3. The number of nitrogens with two attached hydrogens (primary N) is 1. The van der Waals surface area contributed by atoms with Gasteiger partial charge in [0.15, 0.2) is 0 Å². The number of benzene rings is 1. The number of halogens is 1. The molecule has 1 aromatic carbocycles. The minimum Gasteiger partial charge on any atom is -0.493 e. The van der Waals surface area contributed by atoms with Gasteiger partial charge in [0.05, 0.1) is 19.3 Å². The Labute approximate surface area is 298 Å². The van der Waals surface area contributed by atoms with Crippen LogP contribution in [0.2, 0.25) is 0 Å². The van der Waals surface area contributed by atoms with Crippen LogP contribution in [-0.4, -0.2) is 101 Å². The number of hydrazine groups is 1. The number of piperidine rings is 2. The summed E-state index contributed by atoms with van der Waals surface area (Å²) in [6.07, 6.45) is 7.42. The first-order valence-corrected chi connectivity index (χ1v) is 17.8. The topological polar surface area (TPSA) is 189 Å². The average Bonchev–Trinajstić information content (AvgIpc) is 3.90. The molecular formula is C33H41BrN14O2. The smallest absolute Gasteiger partial charge is 0.206 e. The largest absolute Gasteiger partial charge is 0.493 e. The number of anilines is 2. The Morgan fingerprint density at radius 2 is 1.50 bits per heavy atom. The number of hydrogen-bond donors (Lipinski definition) is 3. The molecule has 2 fully saturated rings. The third kappa shape index (κ3) is 7.39. The highest BCUT2D eigenvalue weighted by Crippen LogP contribution is 2.38. The van der Waals surface area contributed by atoms with Gasteiger partial charge in [-0.15, -0.1) is 20.4 Å². The van der Waals surface area contributed by atoms with Gasteiger partial charge in [-0.1, -0.05) is 0 Å². The molecule has 0 spiro atoms. The first-order valence-electron chi connectivity index (χ1n) is 17.0. The Morgan fingerprint density at radius 1 is 0.860 bits per heavy atom. The highest BCUT2D eigenvalue weighted by Gasteiger charge is 2.38. The molecule has 2 aliphatic rings. The van der Waals surface area contributed by atoms with Crippen molar-refractivity contribution in [2.45, 2.75) is 58.2 Å². The second-order valence-electron chi connectivity index (χ2n) is 12.5. The lowest BCUT2D eigenvalue weighted by molar-refractivity contribution is 0.148. The zero-order chi connectivity index (χ0) is 34.5. The number of ether oxygens (including phenoxy) is 2. The van der Waals surface area contributed by atoms with Crippen LogP contribution in [-0.2, 0) is 6.54 Å². The number of aromatic nitrogens is 10. The highest BCUT2D eigenvalue weighted by atomic mass is 79.9. The first kappa shape index (κ1) is 33.7. The lowest BCUT2D eigenvalue weighted by atomic mass is 9.81. The Balaban J connectivity index is 1.07. The van der Waals surface area contributed by atoms with Crippen molar-refractivity contribution in [2.24, 2.45) is 11.8 Å². The van der Waals surface area contributed by atoms with Gasteiger partial charge in [0.1, 0.15) is 27.6 Å². The maximum atomic E-state index is 6.81. The third-order valence-corrected chi connectivity index (χ3v) is 10.3. The summed E-state index contributed by atoms with van der Waals surface area (Å²) in [5.74, 6) is 11.6. The van der Waals surface area contributed by atoms with Crippen molar-refractivity contribution in [2.75, 3.05) is 42.8 Å². The summed E-state index contributed by atoms with van der Waals surface area (Å²) in [5, 5.41) is 30.5. The fourth-order valence-corrected chi connectivity index (χ4v) is 7.53. The Morgan fingerprint density at radius 3 is 2.04 bits per heavy atom. The molecule has 0 aliphatic carbocycles. The Bertz CT molecular complexity index is 1770. The SMILES string of the molecule is CCOc1cc(CN2CCC(C3CC(N(N)c4ccc(-c5nn[nH]n5)cn4)CCN3c3ccc(-c4nn[nH]n4)cn3)CC2)cc(OCC)c1Br. The van der Waals surface area contributed by atoms with Gasteiger partial charge in [-0.25, -0.2) is 15.8 Å². The summed E-state index contributed by atoms with van der Waals surface area (Å²) in [7, 11) is 0. The van der Waals surface area contributed by atoms with Gasteiger partial charge in [-0.2, -0.15) is 10.4 Å². The normalized spacial score (nSPS) is 18.7. The fraction of sp³-hybridized carbons (Fsp3) is 0.455. The van der Waals surface area contributed by atoms with Crippen LogP contribution in [0.15, 0.2) is 53.3 Å². The zero-order valence-electron chi connectivity index (χ0n) is 28.1. The average molecular weight is 746 g/mol. The lowest BCUT2D eigenvalue weighted by Crippen LogP contribution is -2.56. The maximum Gasteiger partial charge on any atom is 0.206 e. The zero-order valence-corrected chi connectivity index (χ0v) is 29.7. The molecule has 17 heteroatoms. The van der Waals surface area contributed by atoms with Crippen LogP contribution in [0.5, 0.6) is 11.5 Å². The van der Waals surface area contributed by atoms with Crippen LogP contribution in [0.1, 0.15) is 45.1 Å². The van der Waals surface area contributed by atoms with E-state index in [2.05, 4.69) is 90.2 Å². The van der Waals surface area contributed by atoms with Crippen molar-refractivity contribution < 1.29 is 9.47 Å². The van der Waals surface area contributed by atoms with E-state index in [-0.39, 0.29) is 12.1 Å². The van der Waals surface area contributed by atoms with Crippen molar-refractivity contribution in [3.05, 3.63) is 58.8 Å². The van der Waals surface area contributed by atoms with Crippen molar-refractivity contribution in [3.63, 3.8) is 0 Å². The number of aromatic amines is 2. The summed E-state index contributed by atoms with van der Waals surface area (Å²) < 4.78 is 12.7. The van der Waals surface area contributed by atoms with E-state index in [4.69, 9.17) is 20.3 Å². The standard InChI is InChI=1S/C33H41BrN14O2/c1-3-49-27-15-21(16-28(31(27)34)50-4-2)20-46-12-9-22(10-13-46)26-17-25(48(35)30-8-6-24(19-37-30)33-40-44-45-41-33)11-14-47(26)29-7-5-23(18-36-29)32-38-42-43-39-32/h5-8,15-16,18-19,22,25-26H,3-4,9-14,17,20,35H2,1-2H3,(H,38,39,42,43)(H,40,41,44,45). The van der Waals surface area contributed by atoms with E-state index < -0.39 is 0 Å². The molecule has 4 N–H and O–H groups in total. The summed E-state index contributed by atoms with van der Waals surface area (Å²) in [6.45, 7) is 8.79. The molecule has 0 radical (unpaired) electrons. The molecule has 6 heterocycles. The predicted octanol–water partition coefficient (Wildman–Crippen LogP) is 4.03. The number of pyridine rings is 2. The molecular weight excluding hydrogens is 704 g/mol. The van der Waals surface area contributed by atoms with Gasteiger partial charge in [0.2, 0.25) is 11.6 Å². The van der Waals surface area contributed by atoms with Gasteiger partial charge < -0.3 is 14.4 Å². The monoisotopic (exact) mass is 744 g/mol. The molecule has 2 atom stereocenters. The number of H-pyrrole nitrogens is 2. The molecule has 50 heavy (non-hydrogen) atoms. The summed E-state index contributed by atoms with van der Waals surface area (Å²) in [6, 6.07) is 12.5. The van der Waals surface area contributed by atoms with Crippen molar-refractivity contribution in [1.82, 2.24) is 56.1 Å². The first-order chi connectivity index (χ1) is 24.5.